The number of nitrogens with one attached hydrogen (secondary N) is 1. The molecule has 1 aromatic carbocycles. The molecule has 0 aliphatic heterocycles. The van der Waals surface area contributed by atoms with Gasteiger partial charge < -0.3 is 10.2 Å². The van der Waals surface area contributed by atoms with Crippen LogP contribution in [-0.4, -0.2) is 41.3 Å². The molecular formula is C19H21N5O. The molecule has 0 aliphatic rings. The fourth-order valence-corrected chi connectivity index (χ4v) is 2.47. The number of carbonyl (C=O) groups is 1. The molecule has 0 bridgehead atoms. The molecule has 0 saturated carbocycles. The van der Waals surface area contributed by atoms with E-state index in [-0.39, 0.29) is 5.91 Å². The second-order valence-corrected chi connectivity index (χ2v) is 5.90. The van der Waals surface area contributed by atoms with Crippen molar-refractivity contribution in [2.45, 2.75) is 6.54 Å². The van der Waals surface area contributed by atoms with Crippen LogP contribution < -0.4 is 10.2 Å². The van der Waals surface area contributed by atoms with Gasteiger partial charge >= 0.3 is 0 Å². The lowest BCUT2D eigenvalue weighted by Crippen LogP contribution is -2.27. The van der Waals surface area contributed by atoms with Crippen LogP contribution in [0.5, 0.6) is 0 Å². The van der Waals surface area contributed by atoms with Crippen molar-refractivity contribution in [1.82, 2.24) is 20.1 Å². The van der Waals surface area contributed by atoms with E-state index in [4.69, 9.17) is 0 Å². The first kappa shape index (κ1) is 16.7. The van der Waals surface area contributed by atoms with E-state index < -0.39 is 0 Å². The monoisotopic (exact) mass is 335 g/mol. The lowest BCUT2D eigenvalue weighted by Gasteiger charge is -2.13. The lowest BCUT2D eigenvalue weighted by molar-refractivity contribution is 0.0952. The Balaban J connectivity index is 1.55. The molecule has 6 nitrogen and oxygen atoms in total. The molecule has 0 atom stereocenters. The van der Waals surface area contributed by atoms with Gasteiger partial charge in [0.15, 0.2) is 0 Å². The molecule has 1 N–H and O–H groups in total. The first-order valence-corrected chi connectivity index (χ1v) is 8.13. The zero-order valence-corrected chi connectivity index (χ0v) is 14.4. The Bertz CT molecular complexity index is 842. The first-order valence-electron chi connectivity index (χ1n) is 8.13. The summed E-state index contributed by atoms with van der Waals surface area (Å²) in [4.78, 5) is 18.3. The van der Waals surface area contributed by atoms with Gasteiger partial charge in [-0.05, 0) is 36.4 Å². The molecule has 0 aliphatic carbocycles. The average Bonchev–Trinajstić information content (AvgIpc) is 3.11. The zero-order valence-electron chi connectivity index (χ0n) is 14.4. The third-order valence-electron chi connectivity index (χ3n) is 3.87. The van der Waals surface area contributed by atoms with Gasteiger partial charge in [-0.1, -0.05) is 6.07 Å². The van der Waals surface area contributed by atoms with Crippen molar-refractivity contribution in [3.63, 3.8) is 0 Å². The Morgan fingerprint density at radius 3 is 2.72 bits per heavy atom. The third kappa shape index (κ3) is 4.23. The molecule has 3 rings (SSSR count). The second kappa shape index (κ2) is 7.61. The molecule has 25 heavy (non-hydrogen) atoms. The number of nitrogens with zero attached hydrogens (tertiary/aromatic N) is 4. The van der Waals surface area contributed by atoms with Gasteiger partial charge in [-0.3, -0.25) is 14.5 Å². The van der Waals surface area contributed by atoms with E-state index in [2.05, 4.69) is 15.4 Å². The highest BCUT2D eigenvalue weighted by Crippen LogP contribution is 2.15. The summed E-state index contributed by atoms with van der Waals surface area (Å²) in [5, 5.41) is 7.45. The van der Waals surface area contributed by atoms with Gasteiger partial charge in [0.05, 0.1) is 12.2 Å². The number of rotatable bonds is 6. The first-order chi connectivity index (χ1) is 12.1. The predicted octanol–water partition coefficient (Wildman–Crippen LogP) is 2.44. The van der Waals surface area contributed by atoms with Crippen LogP contribution >= 0.6 is 0 Å². The molecule has 0 saturated heterocycles. The van der Waals surface area contributed by atoms with Gasteiger partial charge in [0.2, 0.25) is 0 Å². The van der Waals surface area contributed by atoms with E-state index in [0.717, 1.165) is 16.9 Å². The van der Waals surface area contributed by atoms with Crippen molar-refractivity contribution in [2.24, 2.45) is 0 Å². The van der Waals surface area contributed by atoms with Crippen LogP contribution in [0.1, 0.15) is 10.4 Å². The highest BCUT2D eigenvalue weighted by Gasteiger charge is 2.07. The topological polar surface area (TPSA) is 63.1 Å². The Kier molecular flexibility index (Phi) is 5.09. The van der Waals surface area contributed by atoms with Gasteiger partial charge in [0, 0.05) is 56.0 Å². The van der Waals surface area contributed by atoms with E-state index >= 15 is 0 Å². The maximum Gasteiger partial charge on any atom is 0.251 e. The second-order valence-electron chi connectivity index (χ2n) is 5.90. The molecule has 0 fully saturated rings. The minimum Gasteiger partial charge on any atom is -0.378 e. The number of pyridine rings is 1. The van der Waals surface area contributed by atoms with Crippen molar-refractivity contribution < 1.29 is 4.79 Å². The molecule has 2 aromatic heterocycles. The highest BCUT2D eigenvalue weighted by atomic mass is 16.1. The Morgan fingerprint density at radius 2 is 1.96 bits per heavy atom. The van der Waals surface area contributed by atoms with E-state index in [9.17, 15) is 4.79 Å². The minimum atomic E-state index is -0.0785. The van der Waals surface area contributed by atoms with E-state index in [1.807, 2.05) is 72.3 Å². The number of hydrogen-bond acceptors (Lipinski definition) is 4. The molecule has 2 heterocycles. The van der Waals surface area contributed by atoms with Crippen molar-refractivity contribution in [3.05, 3.63) is 66.6 Å². The van der Waals surface area contributed by atoms with Crippen molar-refractivity contribution in [2.75, 3.05) is 25.5 Å². The summed E-state index contributed by atoms with van der Waals surface area (Å²) in [5.41, 5.74) is 3.58. The fraction of sp³-hybridized carbons (Fsp3) is 0.211. The third-order valence-corrected chi connectivity index (χ3v) is 3.87. The van der Waals surface area contributed by atoms with Crippen molar-refractivity contribution in [3.8, 4) is 11.3 Å². The average molecular weight is 335 g/mol. The quantitative estimate of drug-likeness (QED) is 0.751. The molecule has 0 radical (unpaired) electrons. The van der Waals surface area contributed by atoms with Gasteiger partial charge in [-0.25, -0.2) is 0 Å². The number of carbonyl (C=O) groups excluding carboxylic acids is 1. The maximum atomic E-state index is 12.3. The number of hydrogen-bond donors (Lipinski definition) is 1. The summed E-state index contributed by atoms with van der Waals surface area (Å²) in [5.74, 6) is -0.0785. The van der Waals surface area contributed by atoms with Gasteiger partial charge in [0.1, 0.15) is 0 Å². The highest BCUT2D eigenvalue weighted by molar-refractivity contribution is 5.95. The number of amides is 1. The number of benzene rings is 1. The van der Waals surface area contributed by atoms with Crippen LogP contribution in [0.25, 0.3) is 11.3 Å². The largest absolute Gasteiger partial charge is 0.378 e. The van der Waals surface area contributed by atoms with Gasteiger partial charge in [-0.15, -0.1) is 0 Å². The van der Waals surface area contributed by atoms with E-state index in [1.165, 1.54) is 0 Å². The molecular weight excluding hydrogens is 314 g/mol. The van der Waals surface area contributed by atoms with Crippen LogP contribution in [0.3, 0.4) is 0 Å². The standard InChI is InChI=1S/C19H21N5O/c1-23(2)17-5-3-4-16(14-17)19(25)21-11-13-24-12-8-18(22-24)15-6-9-20-10-7-15/h3-10,12,14H,11,13H2,1-2H3,(H,21,25). The molecule has 0 unspecified atom stereocenters. The summed E-state index contributed by atoms with van der Waals surface area (Å²) >= 11 is 0. The van der Waals surface area contributed by atoms with Gasteiger partial charge in [-0.2, -0.15) is 5.10 Å². The molecule has 6 heteroatoms. The molecule has 128 valence electrons. The molecule has 0 spiro atoms. The van der Waals surface area contributed by atoms with Crippen LogP contribution in [0, 0.1) is 0 Å². The van der Waals surface area contributed by atoms with E-state index in [0.29, 0.717) is 18.7 Å². The van der Waals surface area contributed by atoms with E-state index in [1.54, 1.807) is 12.4 Å². The van der Waals surface area contributed by atoms with Crippen LogP contribution in [0.2, 0.25) is 0 Å². The fourth-order valence-electron chi connectivity index (χ4n) is 2.47. The number of anilines is 1. The predicted molar refractivity (Wildman–Crippen MR) is 98.6 cm³/mol. The Hall–Kier alpha value is -3.15. The lowest BCUT2D eigenvalue weighted by atomic mass is 10.2. The Morgan fingerprint density at radius 1 is 1.16 bits per heavy atom. The summed E-state index contributed by atoms with van der Waals surface area (Å²) in [6.45, 7) is 1.13. The summed E-state index contributed by atoms with van der Waals surface area (Å²) in [7, 11) is 3.91. The number of aromatic nitrogens is 3. The van der Waals surface area contributed by atoms with Crippen LogP contribution in [0.4, 0.5) is 5.69 Å². The van der Waals surface area contributed by atoms with Crippen LogP contribution in [-0.2, 0) is 6.54 Å². The summed E-state index contributed by atoms with van der Waals surface area (Å²) < 4.78 is 1.83. The normalized spacial score (nSPS) is 10.5. The Labute approximate surface area is 147 Å². The summed E-state index contributed by atoms with van der Waals surface area (Å²) in [6, 6.07) is 13.4. The van der Waals surface area contributed by atoms with Crippen LogP contribution in [0.15, 0.2) is 61.1 Å². The summed E-state index contributed by atoms with van der Waals surface area (Å²) in [6.07, 6.45) is 5.40. The zero-order chi connectivity index (χ0) is 17.6. The molecule has 1 amide bonds. The SMILES string of the molecule is CN(C)c1cccc(C(=O)NCCn2ccc(-c3ccncc3)n2)c1. The smallest absolute Gasteiger partial charge is 0.251 e. The van der Waals surface area contributed by atoms with Crippen molar-refractivity contribution >= 4 is 11.6 Å². The molecule has 3 aromatic rings. The minimum absolute atomic E-state index is 0.0785. The van der Waals surface area contributed by atoms with Crippen molar-refractivity contribution in [1.29, 1.82) is 0 Å². The maximum absolute atomic E-state index is 12.3. The van der Waals surface area contributed by atoms with Gasteiger partial charge in [0.25, 0.3) is 5.91 Å².